The lowest BCUT2D eigenvalue weighted by Gasteiger charge is -2.33. The van der Waals surface area contributed by atoms with E-state index >= 15 is 0 Å². The van der Waals surface area contributed by atoms with Gasteiger partial charge in [-0.2, -0.15) is 11.8 Å². The molecular weight excluding hydrogens is 324 g/mol. The predicted octanol–water partition coefficient (Wildman–Crippen LogP) is 3.28. The molecule has 2 aromatic rings. The third-order valence-corrected chi connectivity index (χ3v) is 4.43. The minimum Gasteiger partial charge on any atom is -0.466 e. The molecular formula is C18H18N2O3S. The molecule has 6 heteroatoms. The van der Waals surface area contributed by atoms with E-state index in [1.54, 1.807) is 42.1 Å². The Morgan fingerprint density at radius 1 is 1.25 bits per heavy atom. The monoisotopic (exact) mass is 342 g/mol. The lowest BCUT2D eigenvalue weighted by molar-refractivity contribution is -0.143. The lowest BCUT2D eigenvalue weighted by atomic mass is 10.0. The van der Waals surface area contributed by atoms with Crippen LogP contribution in [0.15, 0.2) is 48.5 Å². The summed E-state index contributed by atoms with van der Waals surface area (Å²) in [7, 11) is 0. The van der Waals surface area contributed by atoms with E-state index in [1.165, 1.54) is 6.92 Å². The van der Waals surface area contributed by atoms with Crippen molar-refractivity contribution in [3.05, 3.63) is 54.1 Å². The van der Waals surface area contributed by atoms with Crippen LogP contribution in [0.3, 0.4) is 0 Å². The van der Waals surface area contributed by atoms with Gasteiger partial charge in [-0.05, 0) is 43.0 Å². The largest absolute Gasteiger partial charge is 0.466 e. The number of ether oxygens (including phenoxy) is 1. The molecule has 0 aliphatic carbocycles. The molecule has 0 radical (unpaired) electrons. The molecule has 2 amide bonds. The fourth-order valence-electron chi connectivity index (χ4n) is 2.47. The van der Waals surface area contributed by atoms with Gasteiger partial charge in [0.1, 0.15) is 5.75 Å². The Balaban J connectivity index is 1.81. The van der Waals surface area contributed by atoms with Crippen molar-refractivity contribution < 1.29 is 14.3 Å². The van der Waals surface area contributed by atoms with E-state index in [-0.39, 0.29) is 0 Å². The summed E-state index contributed by atoms with van der Waals surface area (Å²) in [5.41, 5.74) is 0.687. The Bertz CT molecular complexity index is 793. The third-order valence-electron chi connectivity index (χ3n) is 3.81. The molecule has 124 valence electrons. The minimum atomic E-state index is -1.62. The zero-order valence-corrected chi connectivity index (χ0v) is 14.3. The van der Waals surface area contributed by atoms with Crippen molar-refractivity contribution in [2.24, 2.45) is 0 Å². The van der Waals surface area contributed by atoms with Crippen LogP contribution in [-0.4, -0.2) is 23.7 Å². The maximum atomic E-state index is 12.7. The Hall–Kier alpha value is -2.47. The van der Waals surface area contributed by atoms with Gasteiger partial charge in [0.05, 0.1) is 5.69 Å². The van der Waals surface area contributed by atoms with Gasteiger partial charge in [-0.3, -0.25) is 9.59 Å². The summed E-state index contributed by atoms with van der Waals surface area (Å²) in [5.74, 6) is 0.339. The summed E-state index contributed by atoms with van der Waals surface area (Å²) in [6.45, 7) is 1.47. The van der Waals surface area contributed by atoms with E-state index in [2.05, 4.69) is 10.6 Å². The minimum absolute atomic E-state index is 0.478. The molecule has 0 bridgehead atoms. The molecule has 1 aliphatic rings. The summed E-state index contributed by atoms with van der Waals surface area (Å²) in [6.07, 6.45) is 2.02. The van der Waals surface area contributed by atoms with Crippen LogP contribution < -0.4 is 15.4 Å². The Labute approximate surface area is 144 Å². The van der Waals surface area contributed by atoms with Gasteiger partial charge >= 0.3 is 0 Å². The Morgan fingerprint density at radius 2 is 2.04 bits per heavy atom. The number of anilines is 2. The maximum Gasteiger partial charge on any atom is 0.278 e. The molecule has 0 saturated heterocycles. The zero-order valence-electron chi connectivity index (χ0n) is 13.5. The maximum absolute atomic E-state index is 12.7. The normalized spacial score (nSPS) is 19.0. The van der Waals surface area contributed by atoms with Crippen molar-refractivity contribution in [1.82, 2.24) is 0 Å². The van der Waals surface area contributed by atoms with Crippen LogP contribution in [0.25, 0.3) is 0 Å². The summed E-state index contributed by atoms with van der Waals surface area (Å²) in [6, 6.07) is 14.6. The number of hydrogen-bond acceptors (Lipinski definition) is 4. The predicted molar refractivity (Wildman–Crippen MR) is 96.4 cm³/mol. The molecule has 1 atom stereocenters. The molecule has 0 spiro atoms. The number of thioether (sulfide) groups is 1. The van der Waals surface area contributed by atoms with Crippen molar-refractivity contribution in [3.8, 4) is 5.75 Å². The first-order valence-electron chi connectivity index (χ1n) is 7.52. The smallest absolute Gasteiger partial charge is 0.278 e. The van der Waals surface area contributed by atoms with Crippen LogP contribution in [0.4, 0.5) is 11.4 Å². The second kappa shape index (κ2) is 6.57. The summed E-state index contributed by atoms with van der Waals surface area (Å²) in [5, 5.41) is 5.50. The molecule has 0 fully saturated rings. The molecule has 3 rings (SSSR count). The zero-order chi connectivity index (χ0) is 17.2. The highest BCUT2D eigenvalue weighted by Gasteiger charge is 2.47. The second-order valence-electron chi connectivity index (χ2n) is 5.67. The Morgan fingerprint density at radius 3 is 2.83 bits per heavy atom. The highest BCUT2D eigenvalue weighted by molar-refractivity contribution is 7.97. The first-order valence-corrected chi connectivity index (χ1v) is 8.91. The molecule has 2 aromatic carbocycles. The fourth-order valence-corrected chi connectivity index (χ4v) is 2.99. The number of carbonyl (C=O) groups is 2. The molecule has 0 saturated carbocycles. The number of carbonyl (C=O) groups excluding carboxylic acids is 2. The number of nitrogens with one attached hydrogen (secondary N) is 2. The van der Waals surface area contributed by atoms with Crippen molar-refractivity contribution in [1.29, 1.82) is 0 Å². The number of rotatable bonds is 4. The summed E-state index contributed by atoms with van der Waals surface area (Å²) in [4.78, 5) is 25.1. The van der Waals surface area contributed by atoms with Crippen LogP contribution >= 0.6 is 11.8 Å². The lowest BCUT2D eigenvalue weighted by Crippen LogP contribution is -2.56. The van der Waals surface area contributed by atoms with Crippen molar-refractivity contribution in [2.45, 2.75) is 18.3 Å². The number of para-hydroxylation sites is 2. The van der Waals surface area contributed by atoms with Crippen molar-refractivity contribution in [2.75, 3.05) is 16.9 Å². The van der Waals surface area contributed by atoms with E-state index < -0.39 is 17.4 Å². The van der Waals surface area contributed by atoms with Gasteiger partial charge in [0.15, 0.2) is 0 Å². The molecule has 5 nitrogen and oxygen atoms in total. The quantitative estimate of drug-likeness (QED) is 0.837. The van der Waals surface area contributed by atoms with Crippen LogP contribution in [-0.2, 0) is 15.3 Å². The fraction of sp³-hybridized carbons (Fsp3) is 0.222. The average molecular weight is 342 g/mol. The summed E-state index contributed by atoms with van der Waals surface area (Å²) < 4.78 is 5.72. The van der Waals surface area contributed by atoms with Gasteiger partial charge < -0.3 is 15.4 Å². The Kier molecular flexibility index (Phi) is 4.49. The molecule has 24 heavy (non-hydrogen) atoms. The van der Waals surface area contributed by atoms with Crippen LogP contribution in [0, 0.1) is 0 Å². The first kappa shape index (κ1) is 16.4. The molecule has 2 N–H and O–H groups in total. The number of amides is 2. The number of benzene rings is 2. The van der Waals surface area contributed by atoms with Crippen LogP contribution in [0.5, 0.6) is 5.75 Å². The first-order chi connectivity index (χ1) is 11.5. The van der Waals surface area contributed by atoms with Crippen LogP contribution in [0.1, 0.15) is 12.5 Å². The van der Waals surface area contributed by atoms with Gasteiger partial charge in [0.2, 0.25) is 0 Å². The molecule has 1 aliphatic heterocycles. The standard InChI is InChI=1S/C18H18N2O3S/c1-18(17(22)20-14-8-3-4-9-15(14)23-18)16(21)19-13-7-5-6-12(10-13)11-24-2/h3-10H,11H2,1-2H3,(H,19,21)(H,20,22)/t18-/m1/s1. The number of fused-ring (bicyclic) bond motifs is 1. The van der Waals surface area contributed by atoms with Gasteiger partial charge in [-0.1, -0.05) is 24.3 Å². The highest BCUT2D eigenvalue weighted by Crippen LogP contribution is 2.33. The number of hydrogen-bond donors (Lipinski definition) is 2. The van der Waals surface area contributed by atoms with E-state index in [1.807, 2.05) is 24.5 Å². The SMILES string of the molecule is CSCc1cccc(NC(=O)[C@@]2(C)Oc3ccccc3NC2=O)c1. The van der Waals surface area contributed by atoms with E-state index in [9.17, 15) is 9.59 Å². The van der Waals surface area contributed by atoms with E-state index in [0.29, 0.717) is 17.1 Å². The average Bonchev–Trinajstić information content (AvgIpc) is 2.56. The van der Waals surface area contributed by atoms with Gasteiger partial charge in [0.25, 0.3) is 17.4 Å². The van der Waals surface area contributed by atoms with Gasteiger partial charge in [0, 0.05) is 11.4 Å². The van der Waals surface area contributed by atoms with Crippen molar-refractivity contribution >= 4 is 35.0 Å². The summed E-state index contributed by atoms with van der Waals surface area (Å²) >= 11 is 1.70. The topological polar surface area (TPSA) is 67.4 Å². The second-order valence-corrected chi connectivity index (χ2v) is 6.54. The van der Waals surface area contributed by atoms with Crippen LogP contribution in [0.2, 0.25) is 0 Å². The highest BCUT2D eigenvalue weighted by atomic mass is 32.2. The van der Waals surface area contributed by atoms with Crippen molar-refractivity contribution in [3.63, 3.8) is 0 Å². The van der Waals surface area contributed by atoms with Gasteiger partial charge in [-0.15, -0.1) is 0 Å². The molecule has 1 heterocycles. The van der Waals surface area contributed by atoms with E-state index in [0.717, 1.165) is 11.3 Å². The van der Waals surface area contributed by atoms with Gasteiger partial charge in [-0.25, -0.2) is 0 Å². The van der Waals surface area contributed by atoms with E-state index in [4.69, 9.17) is 4.74 Å². The third kappa shape index (κ3) is 3.10. The molecule has 0 aromatic heterocycles. The molecule has 0 unspecified atom stereocenters.